The van der Waals surface area contributed by atoms with Crippen LogP contribution in [0.2, 0.25) is 5.02 Å². The van der Waals surface area contributed by atoms with Crippen LogP contribution >= 0.6 is 11.6 Å². The van der Waals surface area contributed by atoms with Crippen LogP contribution in [0.25, 0.3) is 0 Å². The second-order valence-corrected chi connectivity index (χ2v) is 5.41. The van der Waals surface area contributed by atoms with Gasteiger partial charge >= 0.3 is 0 Å². The minimum atomic E-state index is -0.106. The van der Waals surface area contributed by atoms with E-state index in [1.807, 2.05) is 24.3 Å². The average molecular weight is 294 g/mol. The summed E-state index contributed by atoms with van der Waals surface area (Å²) in [5.74, 6) is 1.20. The van der Waals surface area contributed by atoms with Crippen LogP contribution in [0.1, 0.15) is 23.4 Å². The Morgan fingerprint density at radius 2 is 2.35 bits per heavy atom. The number of hydrogen-bond acceptors (Lipinski definition) is 5. The van der Waals surface area contributed by atoms with Gasteiger partial charge in [-0.25, -0.2) is 0 Å². The maximum atomic E-state index is 5.96. The molecule has 1 aliphatic heterocycles. The van der Waals surface area contributed by atoms with Crippen LogP contribution in [0, 0.1) is 0 Å². The Balaban J connectivity index is 1.70. The van der Waals surface area contributed by atoms with Crippen molar-refractivity contribution in [3.63, 3.8) is 0 Å². The van der Waals surface area contributed by atoms with Crippen LogP contribution in [0.4, 0.5) is 0 Å². The third-order valence-electron chi connectivity index (χ3n) is 3.29. The predicted molar refractivity (Wildman–Crippen MR) is 74.7 cm³/mol. The van der Waals surface area contributed by atoms with E-state index in [1.165, 1.54) is 0 Å². The molecule has 106 valence electrons. The van der Waals surface area contributed by atoms with Crippen LogP contribution in [-0.4, -0.2) is 41.8 Å². The number of ether oxygens (including phenoxy) is 1. The van der Waals surface area contributed by atoms with E-state index in [2.05, 4.69) is 22.1 Å². The molecule has 1 aromatic heterocycles. The highest BCUT2D eigenvalue weighted by Crippen LogP contribution is 2.20. The highest BCUT2D eigenvalue weighted by atomic mass is 35.5. The molecule has 0 spiro atoms. The number of benzene rings is 1. The quantitative estimate of drug-likeness (QED) is 0.869. The van der Waals surface area contributed by atoms with Gasteiger partial charge in [0.2, 0.25) is 11.7 Å². The van der Waals surface area contributed by atoms with Gasteiger partial charge in [-0.1, -0.05) is 28.9 Å². The van der Waals surface area contributed by atoms with E-state index in [0.29, 0.717) is 29.8 Å². The zero-order valence-electron chi connectivity index (χ0n) is 11.3. The van der Waals surface area contributed by atoms with E-state index in [4.69, 9.17) is 20.9 Å². The number of rotatable bonds is 3. The van der Waals surface area contributed by atoms with E-state index in [1.54, 1.807) is 0 Å². The Morgan fingerprint density at radius 3 is 3.15 bits per heavy atom. The van der Waals surface area contributed by atoms with Crippen molar-refractivity contribution < 1.29 is 9.26 Å². The van der Waals surface area contributed by atoms with Gasteiger partial charge in [0.05, 0.1) is 13.0 Å². The fraction of sp³-hybridized carbons (Fsp3) is 0.429. The van der Waals surface area contributed by atoms with Crippen molar-refractivity contribution in [2.45, 2.75) is 12.5 Å². The topological polar surface area (TPSA) is 51.4 Å². The lowest BCUT2D eigenvalue weighted by atomic mass is 10.1. The molecular weight excluding hydrogens is 278 g/mol. The first-order chi connectivity index (χ1) is 9.70. The summed E-state index contributed by atoms with van der Waals surface area (Å²) < 4.78 is 11.0. The second-order valence-electron chi connectivity index (χ2n) is 4.97. The molecule has 0 radical (unpaired) electrons. The molecule has 0 N–H and O–H groups in total. The Labute approximate surface area is 122 Å². The number of hydrogen-bond donors (Lipinski definition) is 0. The van der Waals surface area contributed by atoms with Gasteiger partial charge in [-0.15, -0.1) is 0 Å². The lowest BCUT2D eigenvalue weighted by Gasteiger charge is -2.27. The minimum absolute atomic E-state index is 0.106. The summed E-state index contributed by atoms with van der Waals surface area (Å²) in [5.41, 5.74) is 1.05. The zero-order valence-corrected chi connectivity index (χ0v) is 12.0. The fourth-order valence-corrected chi connectivity index (χ4v) is 2.44. The first kappa shape index (κ1) is 13.5. The molecule has 2 aromatic rings. The van der Waals surface area contributed by atoms with Crippen LogP contribution in [0.5, 0.6) is 0 Å². The van der Waals surface area contributed by atoms with Gasteiger partial charge in [-0.3, -0.25) is 0 Å². The summed E-state index contributed by atoms with van der Waals surface area (Å²) >= 11 is 5.96. The molecular formula is C14H16ClN3O2. The van der Waals surface area contributed by atoms with Crippen molar-refractivity contribution in [1.29, 1.82) is 0 Å². The molecule has 1 atom stereocenters. The lowest BCUT2D eigenvalue weighted by molar-refractivity contribution is -0.0264. The standard InChI is InChI=1S/C14H16ClN3O2/c1-18-5-6-19-12(9-18)14-16-13(20-17-14)8-10-3-2-4-11(15)7-10/h2-4,7,12H,5-6,8-9H2,1H3. The minimum Gasteiger partial charge on any atom is -0.367 e. The van der Waals surface area contributed by atoms with E-state index in [-0.39, 0.29) is 6.10 Å². The van der Waals surface area contributed by atoms with Gasteiger partial charge in [0, 0.05) is 18.1 Å². The van der Waals surface area contributed by atoms with Gasteiger partial charge in [0.15, 0.2) is 0 Å². The third kappa shape index (κ3) is 3.17. The van der Waals surface area contributed by atoms with Gasteiger partial charge in [0.1, 0.15) is 6.10 Å². The van der Waals surface area contributed by atoms with Crippen molar-refractivity contribution in [3.05, 3.63) is 46.6 Å². The number of aromatic nitrogens is 2. The van der Waals surface area contributed by atoms with E-state index < -0.39 is 0 Å². The van der Waals surface area contributed by atoms with Crippen molar-refractivity contribution >= 4 is 11.6 Å². The van der Waals surface area contributed by atoms with Crippen molar-refractivity contribution in [3.8, 4) is 0 Å². The molecule has 20 heavy (non-hydrogen) atoms. The lowest BCUT2D eigenvalue weighted by Crippen LogP contribution is -2.35. The Bertz CT molecular complexity index is 587. The molecule has 1 unspecified atom stereocenters. The number of morpholine rings is 1. The maximum Gasteiger partial charge on any atom is 0.231 e. The Morgan fingerprint density at radius 1 is 1.45 bits per heavy atom. The summed E-state index contributed by atoms with van der Waals surface area (Å²) in [7, 11) is 2.06. The monoisotopic (exact) mass is 293 g/mol. The summed E-state index contributed by atoms with van der Waals surface area (Å²) in [6, 6.07) is 7.64. The largest absolute Gasteiger partial charge is 0.367 e. The molecule has 1 saturated heterocycles. The van der Waals surface area contributed by atoms with Crippen LogP contribution in [0.15, 0.2) is 28.8 Å². The smallest absolute Gasteiger partial charge is 0.231 e. The van der Waals surface area contributed by atoms with Gasteiger partial charge in [0.25, 0.3) is 0 Å². The molecule has 1 fully saturated rings. The Kier molecular flexibility index (Phi) is 4.00. The maximum absolute atomic E-state index is 5.96. The van der Waals surface area contributed by atoms with E-state index in [0.717, 1.165) is 18.7 Å². The fourth-order valence-electron chi connectivity index (χ4n) is 2.23. The molecule has 1 aliphatic rings. The first-order valence-electron chi connectivity index (χ1n) is 6.58. The first-order valence-corrected chi connectivity index (χ1v) is 6.95. The van der Waals surface area contributed by atoms with Crippen molar-refractivity contribution in [1.82, 2.24) is 15.0 Å². The summed E-state index contributed by atoms with van der Waals surface area (Å²) in [6.07, 6.45) is 0.474. The zero-order chi connectivity index (χ0) is 13.9. The predicted octanol–water partition coefficient (Wildman–Crippen LogP) is 2.32. The number of halogens is 1. The molecule has 0 aliphatic carbocycles. The SMILES string of the molecule is CN1CCOC(c2noc(Cc3cccc(Cl)c3)n2)C1. The van der Waals surface area contributed by atoms with Crippen LogP contribution < -0.4 is 0 Å². The summed E-state index contributed by atoms with van der Waals surface area (Å²) in [4.78, 5) is 6.62. The number of nitrogens with zero attached hydrogens (tertiary/aromatic N) is 3. The van der Waals surface area contributed by atoms with Crippen molar-refractivity contribution in [2.24, 2.45) is 0 Å². The normalized spacial score (nSPS) is 20.2. The van der Waals surface area contributed by atoms with Crippen molar-refractivity contribution in [2.75, 3.05) is 26.7 Å². The van der Waals surface area contributed by atoms with Gasteiger partial charge < -0.3 is 14.2 Å². The number of likely N-dealkylation sites (N-methyl/N-ethyl adjacent to an activating group) is 1. The molecule has 3 rings (SSSR count). The molecule has 5 nitrogen and oxygen atoms in total. The molecule has 2 heterocycles. The highest BCUT2D eigenvalue weighted by molar-refractivity contribution is 6.30. The molecule has 0 bridgehead atoms. The second kappa shape index (κ2) is 5.91. The molecule has 6 heteroatoms. The van der Waals surface area contributed by atoms with Crippen LogP contribution in [0.3, 0.4) is 0 Å². The highest BCUT2D eigenvalue weighted by Gasteiger charge is 2.24. The average Bonchev–Trinajstić information content (AvgIpc) is 2.87. The van der Waals surface area contributed by atoms with Gasteiger partial charge in [-0.2, -0.15) is 4.98 Å². The van der Waals surface area contributed by atoms with Gasteiger partial charge in [-0.05, 0) is 24.7 Å². The molecule has 1 aromatic carbocycles. The van der Waals surface area contributed by atoms with E-state index in [9.17, 15) is 0 Å². The summed E-state index contributed by atoms with van der Waals surface area (Å²) in [5, 5.41) is 4.73. The third-order valence-corrected chi connectivity index (χ3v) is 3.52. The van der Waals surface area contributed by atoms with E-state index >= 15 is 0 Å². The Hall–Kier alpha value is -1.43. The summed E-state index contributed by atoms with van der Waals surface area (Å²) in [6.45, 7) is 2.42. The molecule has 0 saturated carbocycles. The molecule has 0 amide bonds. The van der Waals surface area contributed by atoms with Crippen LogP contribution in [-0.2, 0) is 11.2 Å².